The Bertz CT molecular complexity index is 2770. The number of hydrogen-bond donors (Lipinski definition) is 2. The van der Waals surface area contributed by atoms with Crippen LogP contribution in [-0.4, -0.2) is 22.2 Å². The summed E-state index contributed by atoms with van der Waals surface area (Å²) in [6.45, 7) is 0. The predicted octanol–water partition coefficient (Wildman–Crippen LogP) is 10.3. The van der Waals surface area contributed by atoms with Crippen LogP contribution < -0.4 is 0 Å². The van der Waals surface area contributed by atoms with Gasteiger partial charge in [0.25, 0.3) is 0 Å². The number of fused-ring (bicyclic) bond motifs is 8. The molecular formula is C40H22O4. The molecule has 9 aromatic rings. The van der Waals surface area contributed by atoms with Crippen molar-refractivity contribution in [3.8, 4) is 0 Å². The summed E-state index contributed by atoms with van der Waals surface area (Å²) in [4.78, 5) is 23.8. The van der Waals surface area contributed by atoms with Gasteiger partial charge in [0, 0.05) is 0 Å². The van der Waals surface area contributed by atoms with Crippen molar-refractivity contribution < 1.29 is 19.8 Å². The average molecular weight is 567 g/mol. The molecule has 9 aromatic carbocycles. The zero-order chi connectivity index (χ0) is 29.7. The van der Waals surface area contributed by atoms with Gasteiger partial charge in [-0.3, -0.25) is 0 Å². The van der Waals surface area contributed by atoms with Crippen LogP contribution in [0.25, 0.3) is 86.2 Å². The first-order valence-electron chi connectivity index (χ1n) is 14.4. The Balaban J connectivity index is 1.25. The predicted molar refractivity (Wildman–Crippen MR) is 180 cm³/mol. The molecule has 0 aromatic heterocycles. The van der Waals surface area contributed by atoms with E-state index in [-0.39, 0.29) is 11.1 Å². The summed E-state index contributed by atoms with van der Waals surface area (Å²) in [5, 5.41) is 36.5. The van der Waals surface area contributed by atoms with Gasteiger partial charge in [-0.1, -0.05) is 30.3 Å². The van der Waals surface area contributed by atoms with E-state index in [0.29, 0.717) is 10.8 Å². The molecule has 0 aliphatic heterocycles. The number of carbonyl (C=O) groups is 2. The second-order valence-electron chi connectivity index (χ2n) is 11.7. The minimum absolute atomic E-state index is 0.185. The van der Waals surface area contributed by atoms with Crippen molar-refractivity contribution in [3.05, 3.63) is 132 Å². The van der Waals surface area contributed by atoms with Crippen molar-refractivity contribution in [1.82, 2.24) is 0 Å². The smallest absolute Gasteiger partial charge is 0.337 e. The van der Waals surface area contributed by atoms with Crippen molar-refractivity contribution in [1.29, 1.82) is 0 Å². The van der Waals surface area contributed by atoms with Gasteiger partial charge >= 0.3 is 11.9 Å². The molecule has 0 unspecified atom stereocenters. The molecule has 0 bridgehead atoms. The first-order valence-corrected chi connectivity index (χ1v) is 14.4. The highest BCUT2D eigenvalue weighted by Gasteiger charge is 2.20. The summed E-state index contributed by atoms with van der Waals surface area (Å²) in [7, 11) is 0. The lowest BCUT2D eigenvalue weighted by atomic mass is 9.93. The van der Waals surface area contributed by atoms with Crippen LogP contribution in [0.3, 0.4) is 0 Å². The molecular weight excluding hydrogens is 544 g/mol. The van der Waals surface area contributed by atoms with Crippen LogP contribution in [0.4, 0.5) is 0 Å². The normalized spacial score (nSPS) is 12.0. The number of carboxylic acids is 2. The molecule has 0 amide bonds. The van der Waals surface area contributed by atoms with Gasteiger partial charge in [-0.2, -0.15) is 0 Å². The molecule has 0 fully saturated rings. The lowest BCUT2D eigenvalue weighted by Gasteiger charge is -2.11. The quantitative estimate of drug-likeness (QED) is 0.204. The summed E-state index contributed by atoms with van der Waals surface area (Å²) in [6, 6.07) is 41.9. The minimum atomic E-state index is -1.25. The number of aromatic carboxylic acids is 2. The van der Waals surface area contributed by atoms with Gasteiger partial charge in [0.05, 0.1) is 11.1 Å². The maximum atomic E-state index is 12.1. The molecule has 2 N–H and O–H groups in total. The highest BCUT2D eigenvalue weighted by atomic mass is 16.4. The van der Waals surface area contributed by atoms with Crippen LogP contribution in [0.5, 0.6) is 0 Å². The van der Waals surface area contributed by atoms with Crippen LogP contribution in [0.15, 0.2) is 121 Å². The van der Waals surface area contributed by atoms with Crippen LogP contribution in [0.1, 0.15) is 20.7 Å². The summed E-state index contributed by atoms with van der Waals surface area (Å²) in [5.74, 6) is -2.50. The molecule has 0 aliphatic carbocycles. The number of rotatable bonds is 2. The van der Waals surface area contributed by atoms with Crippen molar-refractivity contribution in [2.45, 2.75) is 0 Å². The SMILES string of the molecule is O=C(O)c1ccc2cc3cc4cc5cc6cc7cc8cc9ccccc9cc8cc7cc6cc5cc4cc3cc2c1C(=O)O. The van der Waals surface area contributed by atoms with E-state index >= 15 is 0 Å². The third kappa shape index (κ3) is 3.64. The highest BCUT2D eigenvalue weighted by Crippen LogP contribution is 2.35. The van der Waals surface area contributed by atoms with Gasteiger partial charge in [0.15, 0.2) is 0 Å². The molecule has 4 heteroatoms. The van der Waals surface area contributed by atoms with E-state index in [1.807, 2.05) is 6.07 Å². The molecule has 4 nitrogen and oxygen atoms in total. The van der Waals surface area contributed by atoms with E-state index in [0.717, 1.165) is 32.3 Å². The van der Waals surface area contributed by atoms with Crippen LogP contribution in [0.2, 0.25) is 0 Å². The summed E-state index contributed by atoms with van der Waals surface area (Å²) >= 11 is 0. The largest absolute Gasteiger partial charge is 0.478 e. The molecule has 0 heterocycles. The van der Waals surface area contributed by atoms with E-state index < -0.39 is 11.9 Å². The Labute approximate surface area is 250 Å². The van der Waals surface area contributed by atoms with E-state index in [1.165, 1.54) is 49.2 Å². The molecule has 0 spiro atoms. The van der Waals surface area contributed by atoms with Crippen LogP contribution in [0, 0.1) is 0 Å². The third-order valence-corrected chi connectivity index (χ3v) is 9.06. The minimum Gasteiger partial charge on any atom is -0.478 e. The maximum absolute atomic E-state index is 12.1. The van der Waals surface area contributed by atoms with Crippen molar-refractivity contribution in [2.75, 3.05) is 0 Å². The van der Waals surface area contributed by atoms with E-state index in [1.54, 1.807) is 12.1 Å². The molecule has 44 heavy (non-hydrogen) atoms. The second kappa shape index (κ2) is 8.76. The van der Waals surface area contributed by atoms with E-state index in [9.17, 15) is 19.8 Å². The molecule has 0 saturated carbocycles. The van der Waals surface area contributed by atoms with Gasteiger partial charge in [0.1, 0.15) is 0 Å². The van der Waals surface area contributed by atoms with E-state index in [4.69, 9.17) is 0 Å². The molecule has 0 aliphatic rings. The van der Waals surface area contributed by atoms with Gasteiger partial charge < -0.3 is 10.2 Å². The first-order chi connectivity index (χ1) is 21.4. The van der Waals surface area contributed by atoms with Gasteiger partial charge in [-0.25, -0.2) is 9.59 Å². The Morgan fingerprint density at radius 3 is 1.00 bits per heavy atom. The standard InChI is InChI=1S/C40H22O4/c41-39(42)36-6-5-23-9-26-12-29-15-32-16-30-13-27-10-24-7-21-3-1-2-4-22(21)8-25(24)11-28(27)14-31(30)17-33(32)18-34(29)19-35(26)20-37(23)38(36)40(43)44/h1-20H,(H,41,42)(H,43,44). The molecule has 0 radical (unpaired) electrons. The Hall–Kier alpha value is -6.00. The van der Waals surface area contributed by atoms with Crippen LogP contribution in [-0.2, 0) is 0 Å². The molecule has 0 atom stereocenters. The topological polar surface area (TPSA) is 74.6 Å². The summed E-state index contributed by atoms with van der Waals surface area (Å²) in [6.07, 6.45) is 0. The third-order valence-electron chi connectivity index (χ3n) is 9.06. The molecule has 206 valence electrons. The van der Waals surface area contributed by atoms with Crippen molar-refractivity contribution in [2.24, 2.45) is 0 Å². The lowest BCUT2D eigenvalue weighted by molar-refractivity contribution is 0.0653. The second-order valence-corrected chi connectivity index (χ2v) is 11.7. The zero-order valence-electron chi connectivity index (χ0n) is 23.3. The summed E-state index contributed by atoms with van der Waals surface area (Å²) in [5.41, 5.74) is -0.396. The van der Waals surface area contributed by atoms with Crippen molar-refractivity contribution in [3.63, 3.8) is 0 Å². The fraction of sp³-hybridized carbons (Fsp3) is 0. The van der Waals surface area contributed by atoms with Gasteiger partial charge in [-0.05, 0) is 177 Å². The fourth-order valence-electron chi connectivity index (χ4n) is 6.93. The molecule has 0 saturated heterocycles. The van der Waals surface area contributed by atoms with Crippen molar-refractivity contribution >= 4 is 98.1 Å². The van der Waals surface area contributed by atoms with Gasteiger partial charge in [-0.15, -0.1) is 0 Å². The first kappa shape index (κ1) is 24.6. The zero-order valence-corrected chi connectivity index (χ0v) is 23.3. The number of benzene rings is 9. The molecule has 9 rings (SSSR count). The maximum Gasteiger partial charge on any atom is 0.337 e. The number of carboxylic acid groups (broad SMARTS) is 2. The highest BCUT2D eigenvalue weighted by molar-refractivity contribution is 6.17. The summed E-state index contributed by atoms with van der Waals surface area (Å²) < 4.78 is 0. The fourth-order valence-corrected chi connectivity index (χ4v) is 6.93. The Morgan fingerprint density at radius 2 is 0.659 bits per heavy atom. The van der Waals surface area contributed by atoms with Crippen LogP contribution >= 0.6 is 0 Å². The Morgan fingerprint density at radius 1 is 0.341 bits per heavy atom. The number of hydrogen-bond acceptors (Lipinski definition) is 2. The Kier molecular flexibility index (Phi) is 4.89. The van der Waals surface area contributed by atoms with E-state index in [2.05, 4.69) is 97.1 Å². The lowest BCUT2D eigenvalue weighted by Crippen LogP contribution is -2.08. The van der Waals surface area contributed by atoms with Gasteiger partial charge in [0.2, 0.25) is 0 Å². The average Bonchev–Trinajstić information content (AvgIpc) is 3.00. The monoisotopic (exact) mass is 566 g/mol.